The molecule has 0 unspecified atom stereocenters. The van der Waals surface area contributed by atoms with Crippen LogP contribution in [0, 0.1) is 0 Å². The van der Waals surface area contributed by atoms with Gasteiger partial charge in [0.05, 0.1) is 7.11 Å². The summed E-state index contributed by atoms with van der Waals surface area (Å²) in [4.78, 5) is 12.6. The molecule has 1 aromatic heterocycles. The molecular formula is C10H11NO2S. The van der Waals surface area contributed by atoms with Gasteiger partial charge in [0, 0.05) is 16.7 Å². The van der Waals surface area contributed by atoms with Crippen LogP contribution in [0.5, 0.6) is 0 Å². The van der Waals surface area contributed by atoms with Crippen LogP contribution in [-0.2, 0) is 4.74 Å². The molecule has 0 aliphatic heterocycles. The molecule has 0 spiro atoms. The predicted molar refractivity (Wildman–Crippen MR) is 58.0 cm³/mol. The lowest BCUT2D eigenvalue weighted by molar-refractivity contribution is 0.0606. The second-order valence-electron chi connectivity index (χ2n) is 2.48. The number of hydrogen-bond donors (Lipinski definition) is 1. The fraction of sp³-hybridized carbons (Fsp3) is 0.100. The van der Waals surface area contributed by atoms with Gasteiger partial charge in [-0.05, 0) is 12.1 Å². The van der Waals surface area contributed by atoms with Crippen molar-refractivity contribution in [3.8, 4) is 0 Å². The van der Waals surface area contributed by atoms with Crippen molar-refractivity contribution in [2.24, 2.45) is 5.73 Å². The zero-order valence-electron chi connectivity index (χ0n) is 7.82. The van der Waals surface area contributed by atoms with Crippen molar-refractivity contribution in [2.75, 3.05) is 7.11 Å². The molecule has 2 N–H and O–H groups in total. The topological polar surface area (TPSA) is 52.3 Å². The molecule has 0 atom stereocenters. The van der Waals surface area contributed by atoms with E-state index in [9.17, 15) is 4.79 Å². The van der Waals surface area contributed by atoms with Crippen LogP contribution in [0.3, 0.4) is 0 Å². The van der Waals surface area contributed by atoms with Crippen LogP contribution < -0.4 is 5.73 Å². The van der Waals surface area contributed by atoms with Gasteiger partial charge in [0.25, 0.3) is 0 Å². The van der Waals surface area contributed by atoms with Crippen molar-refractivity contribution in [3.63, 3.8) is 0 Å². The van der Waals surface area contributed by atoms with Crippen molar-refractivity contribution in [1.82, 2.24) is 0 Å². The molecule has 0 saturated carbocycles. The quantitative estimate of drug-likeness (QED) is 0.612. The summed E-state index contributed by atoms with van der Waals surface area (Å²) in [5.41, 5.74) is 6.20. The normalized spacial score (nSPS) is 11.1. The third-order valence-corrected chi connectivity index (χ3v) is 2.79. The van der Waals surface area contributed by atoms with E-state index >= 15 is 0 Å². The van der Waals surface area contributed by atoms with Crippen LogP contribution in [-0.4, -0.2) is 13.1 Å². The lowest BCUT2D eigenvalue weighted by atomic mass is 10.2. The molecule has 0 radical (unpaired) electrons. The molecule has 0 saturated heterocycles. The number of esters is 1. The van der Waals surface area contributed by atoms with Crippen molar-refractivity contribution < 1.29 is 9.53 Å². The number of nitrogens with two attached hydrogens (primary N) is 1. The molecule has 1 rings (SSSR count). The second kappa shape index (κ2) is 4.62. The summed E-state index contributed by atoms with van der Waals surface area (Å²) < 4.78 is 4.59. The Hall–Kier alpha value is -1.55. The van der Waals surface area contributed by atoms with Crippen LogP contribution in [0.4, 0.5) is 0 Å². The average Bonchev–Trinajstić information content (AvgIpc) is 2.68. The monoisotopic (exact) mass is 209 g/mol. The molecule has 1 aromatic rings. The molecule has 0 amide bonds. The number of allylic oxidation sites excluding steroid dienone is 2. The van der Waals surface area contributed by atoms with E-state index in [0.29, 0.717) is 4.88 Å². The summed E-state index contributed by atoms with van der Waals surface area (Å²) in [5, 5.41) is 0. The Bertz CT molecular complexity index is 379. The van der Waals surface area contributed by atoms with E-state index in [-0.39, 0.29) is 5.97 Å². The lowest BCUT2D eigenvalue weighted by Gasteiger charge is -1.94. The molecule has 0 aliphatic carbocycles. The first kappa shape index (κ1) is 10.5. The highest BCUT2D eigenvalue weighted by Crippen LogP contribution is 2.24. The summed E-state index contributed by atoms with van der Waals surface area (Å²) in [6.45, 7) is 3.62. The smallest absolute Gasteiger partial charge is 0.348 e. The van der Waals surface area contributed by atoms with E-state index < -0.39 is 0 Å². The van der Waals surface area contributed by atoms with Gasteiger partial charge in [0.1, 0.15) is 4.88 Å². The minimum absolute atomic E-state index is 0.332. The van der Waals surface area contributed by atoms with Gasteiger partial charge in [-0.3, -0.25) is 0 Å². The largest absolute Gasteiger partial charge is 0.465 e. The first-order valence-electron chi connectivity index (χ1n) is 3.95. The highest BCUT2D eigenvalue weighted by atomic mass is 32.1. The minimum Gasteiger partial charge on any atom is -0.465 e. The number of ether oxygens (including phenoxy) is 1. The van der Waals surface area contributed by atoms with Gasteiger partial charge in [-0.15, -0.1) is 11.3 Å². The fourth-order valence-electron chi connectivity index (χ4n) is 0.954. The van der Waals surface area contributed by atoms with E-state index in [2.05, 4.69) is 11.3 Å². The third-order valence-electron chi connectivity index (χ3n) is 1.68. The zero-order valence-corrected chi connectivity index (χ0v) is 8.64. The van der Waals surface area contributed by atoms with E-state index in [1.165, 1.54) is 24.6 Å². The number of hydrogen-bond acceptors (Lipinski definition) is 4. The van der Waals surface area contributed by atoms with Gasteiger partial charge < -0.3 is 10.5 Å². The highest BCUT2D eigenvalue weighted by molar-refractivity contribution is 7.15. The summed E-state index contributed by atoms with van der Waals surface area (Å²) in [5.74, 6) is -0.332. The van der Waals surface area contributed by atoms with Crippen molar-refractivity contribution in [1.29, 1.82) is 0 Å². The number of carbonyl (C=O) groups is 1. The maximum absolute atomic E-state index is 11.1. The van der Waals surface area contributed by atoms with Gasteiger partial charge >= 0.3 is 5.97 Å². The zero-order chi connectivity index (χ0) is 10.6. The Morgan fingerprint density at radius 2 is 2.21 bits per heavy atom. The SMILES string of the molecule is C=C/C(=C\N)c1ccc(C(=O)OC)s1. The Morgan fingerprint density at radius 1 is 1.57 bits per heavy atom. The standard InChI is InChI=1S/C10H11NO2S/c1-3-7(6-11)8-4-5-9(14-8)10(12)13-2/h3-6H,1,11H2,2H3/b7-6+. The summed E-state index contributed by atoms with van der Waals surface area (Å²) in [6.07, 6.45) is 3.10. The van der Waals surface area contributed by atoms with Crippen LogP contribution in [0.25, 0.3) is 5.57 Å². The average molecular weight is 209 g/mol. The van der Waals surface area contributed by atoms with E-state index in [4.69, 9.17) is 5.73 Å². The molecular weight excluding hydrogens is 198 g/mol. The Morgan fingerprint density at radius 3 is 2.71 bits per heavy atom. The van der Waals surface area contributed by atoms with Crippen molar-refractivity contribution in [2.45, 2.75) is 0 Å². The van der Waals surface area contributed by atoms with E-state index in [0.717, 1.165) is 10.5 Å². The van der Waals surface area contributed by atoms with Gasteiger partial charge in [-0.25, -0.2) is 4.79 Å². The summed E-state index contributed by atoms with van der Waals surface area (Å²) in [7, 11) is 1.36. The molecule has 74 valence electrons. The Balaban J connectivity index is 2.98. The predicted octanol–water partition coefficient (Wildman–Crippen LogP) is 2.02. The Labute approximate surface area is 86.5 Å². The van der Waals surface area contributed by atoms with Gasteiger partial charge in [-0.1, -0.05) is 12.7 Å². The molecule has 4 heteroatoms. The summed E-state index contributed by atoms with van der Waals surface area (Å²) in [6, 6.07) is 3.52. The van der Waals surface area contributed by atoms with Crippen molar-refractivity contribution >= 4 is 22.9 Å². The van der Waals surface area contributed by atoms with E-state index in [1.807, 2.05) is 6.07 Å². The van der Waals surface area contributed by atoms with Gasteiger partial charge in [0.15, 0.2) is 0 Å². The van der Waals surface area contributed by atoms with Crippen LogP contribution in [0.2, 0.25) is 0 Å². The van der Waals surface area contributed by atoms with Crippen LogP contribution >= 0.6 is 11.3 Å². The molecule has 0 aromatic carbocycles. The van der Waals surface area contributed by atoms with E-state index in [1.54, 1.807) is 12.1 Å². The van der Waals surface area contributed by atoms with Crippen LogP contribution in [0.15, 0.2) is 31.0 Å². The Kier molecular flexibility index (Phi) is 3.48. The first-order valence-corrected chi connectivity index (χ1v) is 4.77. The minimum atomic E-state index is -0.332. The van der Waals surface area contributed by atoms with Gasteiger partial charge in [-0.2, -0.15) is 0 Å². The van der Waals surface area contributed by atoms with Crippen LogP contribution in [0.1, 0.15) is 14.5 Å². The number of thiophene rings is 1. The third kappa shape index (κ3) is 2.03. The lowest BCUT2D eigenvalue weighted by Crippen LogP contribution is -1.96. The molecule has 0 bridgehead atoms. The summed E-state index contributed by atoms with van der Waals surface area (Å²) >= 11 is 1.33. The maximum Gasteiger partial charge on any atom is 0.348 e. The van der Waals surface area contributed by atoms with Gasteiger partial charge in [0.2, 0.25) is 0 Å². The fourth-order valence-corrected chi connectivity index (χ4v) is 1.90. The molecule has 0 aliphatic rings. The van der Waals surface area contributed by atoms with Crippen molar-refractivity contribution in [3.05, 3.63) is 40.7 Å². The maximum atomic E-state index is 11.1. The molecule has 1 heterocycles. The highest BCUT2D eigenvalue weighted by Gasteiger charge is 2.09. The molecule has 0 fully saturated rings. The number of methoxy groups -OCH3 is 1. The first-order chi connectivity index (χ1) is 6.72. The molecule has 14 heavy (non-hydrogen) atoms. The second-order valence-corrected chi connectivity index (χ2v) is 3.57. The number of carbonyl (C=O) groups excluding carboxylic acids is 1. The number of rotatable bonds is 3. The molecule has 3 nitrogen and oxygen atoms in total.